The second-order valence-electron chi connectivity index (χ2n) is 3.76. The summed E-state index contributed by atoms with van der Waals surface area (Å²) in [6.07, 6.45) is 1.74. The Bertz CT molecular complexity index is 338. The molecule has 0 saturated heterocycles. The SMILES string of the molecule is C=CC1(COC)C(COC)=C([Si])C(=O)C1[Si]. The van der Waals surface area contributed by atoms with Crippen LogP contribution in [0.1, 0.15) is 0 Å². The lowest BCUT2D eigenvalue weighted by Crippen LogP contribution is -2.32. The predicted molar refractivity (Wildman–Crippen MR) is 63.7 cm³/mol. The van der Waals surface area contributed by atoms with Crippen LogP contribution in [-0.4, -0.2) is 53.7 Å². The Morgan fingerprint density at radius 2 is 2.12 bits per heavy atom. The summed E-state index contributed by atoms with van der Waals surface area (Å²) < 4.78 is 10.3. The molecule has 1 rings (SSSR count). The van der Waals surface area contributed by atoms with Gasteiger partial charge in [-0.1, -0.05) is 6.08 Å². The zero-order chi connectivity index (χ0) is 12.3. The van der Waals surface area contributed by atoms with Crippen LogP contribution in [0.2, 0.25) is 5.54 Å². The van der Waals surface area contributed by atoms with Crippen LogP contribution in [0.4, 0.5) is 0 Å². The van der Waals surface area contributed by atoms with Gasteiger partial charge in [-0.2, -0.15) is 0 Å². The molecular formula is C11H14O3Si2. The summed E-state index contributed by atoms with van der Waals surface area (Å²) in [5.41, 5.74) is -0.0216. The number of allylic oxidation sites excluding steroid dienone is 1. The van der Waals surface area contributed by atoms with Crippen LogP contribution in [0.25, 0.3) is 0 Å². The molecule has 0 amide bonds. The average molecular weight is 250 g/mol. The average Bonchev–Trinajstić information content (AvgIpc) is 2.45. The summed E-state index contributed by atoms with van der Waals surface area (Å²) in [5, 5.41) is 0.554. The van der Waals surface area contributed by atoms with E-state index in [9.17, 15) is 4.79 Å². The predicted octanol–water partition coefficient (Wildman–Crippen LogP) is 0.414. The second-order valence-corrected chi connectivity index (χ2v) is 4.84. The van der Waals surface area contributed by atoms with Crippen molar-refractivity contribution in [3.8, 4) is 0 Å². The second kappa shape index (κ2) is 5.22. The number of ketones is 1. The molecule has 1 aliphatic carbocycles. The molecule has 16 heavy (non-hydrogen) atoms. The molecule has 0 N–H and O–H groups in total. The number of carbonyl (C=O) groups is 1. The van der Waals surface area contributed by atoms with Gasteiger partial charge in [-0.15, -0.1) is 6.58 Å². The van der Waals surface area contributed by atoms with E-state index in [1.165, 1.54) is 0 Å². The number of hydrogen-bond donors (Lipinski definition) is 0. The van der Waals surface area contributed by atoms with Crippen molar-refractivity contribution in [1.29, 1.82) is 0 Å². The Balaban J connectivity index is 3.23. The molecule has 3 nitrogen and oxygen atoms in total. The lowest BCUT2D eigenvalue weighted by Gasteiger charge is -2.32. The molecule has 0 fully saturated rings. The molecule has 0 bridgehead atoms. The van der Waals surface area contributed by atoms with Crippen molar-refractivity contribution < 1.29 is 14.3 Å². The van der Waals surface area contributed by atoms with Crippen LogP contribution in [0.15, 0.2) is 23.4 Å². The summed E-state index contributed by atoms with van der Waals surface area (Å²) in [6, 6.07) is 0. The van der Waals surface area contributed by atoms with Crippen LogP contribution < -0.4 is 0 Å². The van der Waals surface area contributed by atoms with Gasteiger partial charge in [-0.3, -0.25) is 4.79 Å². The summed E-state index contributed by atoms with van der Waals surface area (Å²) in [4.78, 5) is 11.9. The number of rotatable bonds is 5. The number of hydrogen-bond acceptors (Lipinski definition) is 3. The minimum Gasteiger partial charge on any atom is -0.383 e. The molecule has 0 spiro atoms. The minimum atomic E-state index is -0.532. The molecule has 2 unspecified atom stereocenters. The highest BCUT2D eigenvalue weighted by atomic mass is 28.1. The maximum atomic E-state index is 11.9. The fraction of sp³-hybridized carbons (Fsp3) is 0.545. The largest absolute Gasteiger partial charge is 0.383 e. The number of carbonyl (C=O) groups excluding carboxylic acids is 1. The fourth-order valence-corrected chi connectivity index (χ4v) is 3.11. The van der Waals surface area contributed by atoms with Crippen LogP contribution in [-0.2, 0) is 14.3 Å². The molecule has 84 valence electrons. The van der Waals surface area contributed by atoms with E-state index in [1.807, 2.05) is 0 Å². The third kappa shape index (κ3) is 1.88. The van der Waals surface area contributed by atoms with Crippen LogP contribution in [0, 0.1) is 5.41 Å². The molecule has 0 aromatic heterocycles. The lowest BCUT2D eigenvalue weighted by molar-refractivity contribution is -0.115. The Morgan fingerprint density at radius 1 is 1.50 bits per heavy atom. The highest BCUT2D eigenvalue weighted by molar-refractivity contribution is 6.45. The zero-order valence-corrected chi connectivity index (χ0v) is 11.5. The van der Waals surface area contributed by atoms with E-state index in [1.54, 1.807) is 20.3 Å². The monoisotopic (exact) mass is 250 g/mol. The zero-order valence-electron chi connectivity index (χ0n) is 9.50. The lowest BCUT2D eigenvalue weighted by atomic mass is 9.81. The van der Waals surface area contributed by atoms with E-state index < -0.39 is 5.41 Å². The van der Waals surface area contributed by atoms with E-state index in [0.29, 0.717) is 18.4 Å². The minimum absolute atomic E-state index is 0.00247. The summed E-state index contributed by atoms with van der Waals surface area (Å²) in [6.45, 7) is 4.58. The van der Waals surface area contributed by atoms with Gasteiger partial charge in [-0.05, 0) is 10.8 Å². The maximum absolute atomic E-state index is 11.9. The Kier molecular flexibility index (Phi) is 4.43. The third-order valence-electron chi connectivity index (χ3n) is 2.92. The van der Waals surface area contributed by atoms with Crippen LogP contribution >= 0.6 is 0 Å². The molecule has 0 heterocycles. The normalized spacial score (nSPS) is 30.0. The summed E-state index contributed by atoms with van der Waals surface area (Å²) in [5.74, 6) is -0.00247. The van der Waals surface area contributed by atoms with Crippen molar-refractivity contribution >= 4 is 26.3 Å². The maximum Gasteiger partial charge on any atom is 0.155 e. The third-order valence-corrected chi connectivity index (χ3v) is 4.25. The molecular weight excluding hydrogens is 236 g/mol. The van der Waals surface area contributed by atoms with E-state index in [0.717, 1.165) is 5.57 Å². The van der Waals surface area contributed by atoms with Gasteiger partial charge in [0.05, 0.1) is 23.5 Å². The molecule has 0 aliphatic heterocycles. The smallest absolute Gasteiger partial charge is 0.155 e. The standard InChI is InChI=1S/C11H14O3Si2/c1-4-11(6-14-3)7(5-13-2)9(15)8(12)10(11)16/h4,10H,1,5-6H2,2-3H3. The van der Waals surface area contributed by atoms with Crippen molar-refractivity contribution in [3.63, 3.8) is 0 Å². The first kappa shape index (κ1) is 13.6. The van der Waals surface area contributed by atoms with E-state index >= 15 is 0 Å². The van der Waals surface area contributed by atoms with Crippen molar-refractivity contribution in [3.05, 3.63) is 23.4 Å². The molecule has 2 atom stereocenters. The topological polar surface area (TPSA) is 35.5 Å². The van der Waals surface area contributed by atoms with Gasteiger partial charge >= 0.3 is 0 Å². The van der Waals surface area contributed by atoms with Crippen molar-refractivity contribution in [2.24, 2.45) is 5.41 Å². The molecule has 1 aliphatic rings. The Labute approximate surface area is 103 Å². The molecule has 0 saturated carbocycles. The Morgan fingerprint density at radius 3 is 2.56 bits per heavy atom. The van der Waals surface area contributed by atoms with Gasteiger partial charge < -0.3 is 9.47 Å². The number of methoxy groups -OCH3 is 2. The highest BCUT2D eigenvalue weighted by Crippen LogP contribution is 2.48. The van der Waals surface area contributed by atoms with Gasteiger partial charge in [-0.25, -0.2) is 0 Å². The molecule has 5 heteroatoms. The van der Waals surface area contributed by atoms with Crippen molar-refractivity contribution in [2.75, 3.05) is 27.4 Å². The summed E-state index contributed by atoms with van der Waals surface area (Å²) >= 11 is 0. The van der Waals surface area contributed by atoms with E-state index in [4.69, 9.17) is 9.47 Å². The van der Waals surface area contributed by atoms with Gasteiger partial charge in [0.15, 0.2) is 5.78 Å². The fourth-order valence-electron chi connectivity index (χ4n) is 1.99. The van der Waals surface area contributed by atoms with Crippen molar-refractivity contribution in [1.82, 2.24) is 0 Å². The van der Waals surface area contributed by atoms with Gasteiger partial charge in [0.1, 0.15) is 0 Å². The molecule has 6 radical (unpaired) electrons. The van der Waals surface area contributed by atoms with E-state index in [2.05, 4.69) is 27.1 Å². The van der Waals surface area contributed by atoms with E-state index in [-0.39, 0.29) is 11.3 Å². The number of Topliss-reactive ketones (excluding diaryl/α,β-unsaturated/α-hetero) is 1. The molecule has 0 aromatic carbocycles. The first-order valence-electron chi connectivity index (χ1n) is 4.87. The van der Waals surface area contributed by atoms with Gasteiger partial charge in [0.25, 0.3) is 0 Å². The highest BCUT2D eigenvalue weighted by Gasteiger charge is 2.47. The quantitative estimate of drug-likeness (QED) is 0.524. The first-order valence-corrected chi connectivity index (χ1v) is 5.95. The summed E-state index contributed by atoms with van der Waals surface area (Å²) in [7, 11) is 10.0. The van der Waals surface area contributed by atoms with Crippen LogP contribution in [0.3, 0.4) is 0 Å². The Hall–Kier alpha value is -0.496. The van der Waals surface area contributed by atoms with Crippen molar-refractivity contribution in [2.45, 2.75) is 5.54 Å². The van der Waals surface area contributed by atoms with Crippen LogP contribution in [0.5, 0.6) is 0 Å². The number of ether oxygens (including phenoxy) is 2. The van der Waals surface area contributed by atoms with Gasteiger partial charge in [0, 0.05) is 35.4 Å². The van der Waals surface area contributed by atoms with Gasteiger partial charge in [0.2, 0.25) is 0 Å². The molecule has 0 aromatic rings. The first-order chi connectivity index (χ1) is 7.55.